The van der Waals surface area contributed by atoms with Crippen molar-refractivity contribution in [3.05, 3.63) is 40.1 Å². The number of hydrogen-bond donors (Lipinski definition) is 1. The lowest BCUT2D eigenvalue weighted by Crippen LogP contribution is -2.20. The predicted octanol–water partition coefficient (Wildman–Crippen LogP) is 2.84. The van der Waals surface area contributed by atoms with E-state index in [2.05, 4.69) is 40.8 Å². The smallest absolute Gasteiger partial charge is 0.131 e. The monoisotopic (exact) mass is 249 g/mol. The Morgan fingerprint density at radius 1 is 1.41 bits per heavy atom. The Labute approximate surface area is 107 Å². The van der Waals surface area contributed by atoms with E-state index in [-0.39, 0.29) is 6.04 Å². The van der Waals surface area contributed by atoms with Gasteiger partial charge >= 0.3 is 0 Å². The van der Waals surface area contributed by atoms with E-state index < -0.39 is 0 Å². The maximum absolute atomic E-state index is 4.48. The number of thiophene rings is 1. The Balaban J connectivity index is 2.33. The molecule has 4 heteroatoms. The Morgan fingerprint density at radius 2 is 2.24 bits per heavy atom. The number of aromatic nitrogens is 2. The molecule has 0 aliphatic rings. The molecule has 0 bridgehead atoms. The van der Waals surface area contributed by atoms with Crippen LogP contribution < -0.4 is 5.32 Å². The van der Waals surface area contributed by atoms with Crippen molar-refractivity contribution in [1.82, 2.24) is 14.9 Å². The summed E-state index contributed by atoms with van der Waals surface area (Å²) in [6.07, 6.45) is 5.01. The number of nitrogens with zero attached hydrogens (tertiary/aromatic N) is 2. The lowest BCUT2D eigenvalue weighted by molar-refractivity contribution is 0.597. The van der Waals surface area contributed by atoms with E-state index in [1.165, 1.54) is 9.75 Å². The minimum absolute atomic E-state index is 0.204. The molecule has 92 valence electrons. The number of rotatable bonds is 5. The molecule has 0 fully saturated rings. The van der Waals surface area contributed by atoms with Gasteiger partial charge in [0, 0.05) is 28.7 Å². The Hall–Kier alpha value is -1.13. The molecule has 3 nitrogen and oxygen atoms in total. The van der Waals surface area contributed by atoms with Crippen LogP contribution >= 0.6 is 11.3 Å². The molecule has 0 radical (unpaired) electrons. The van der Waals surface area contributed by atoms with Gasteiger partial charge in [-0.15, -0.1) is 11.3 Å². The molecule has 0 saturated carbocycles. The van der Waals surface area contributed by atoms with Crippen LogP contribution in [-0.2, 0) is 13.0 Å². The fraction of sp³-hybridized carbons (Fsp3) is 0.462. The van der Waals surface area contributed by atoms with Crippen LogP contribution in [0.1, 0.15) is 35.5 Å². The summed E-state index contributed by atoms with van der Waals surface area (Å²) in [6.45, 7) is 5.29. The van der Waals surface area contributed by atoms with Gasteiger partial charge < -0.3 is 9.88 Å². The van der Waals surface area contributed by atoms with Crippen molar-refractivity contribution in [2.45, 2.75) is 32.9 Å². The summed E-state index contributed by atoms with van der Waals surface area (Å²) in [6, 6.07) is 4.62. The fourth-order valence-electron chi connectivity index (χ4n) is 1.99. The van der Waals surface area contributed by atoms with Crippen molar-refractivity contribution in [3.63, 3.8) is 0 Å². The summed E-state index contributed by atoms with van der Waals surface area (Å²) in [5.74, 6) is 1.10. The van der Waals surface area contributed by atoms with Crippen LogP contribution in [0.5, 0.6) is 0 Å². The van der Waals surface area contributed by atoms with Gasteiger partial charge in [-0.05, 0) is 32.5 Å². The summed E-state index contributed by atoms with van der Waals surface area (Å²) in [4.78, 5) is 7.24. The van der Waals surface area contributed by atoms with Gasteiger partial charge in [0.2, 0.25) is 0 Å². The Kier molecular flexibility index (Phi) is 3.97. The van der Waals surface area contributed by atoms with E-state index in [1.807, 2.05) is 30.8 Å². The topological polar surface area (TPSA) is 29.9 Å². The van der Waals surface area contributed by atoms with Gasteiger partial charge in [-0.2, -0.15) is 0 Å². The first-order valence-electron chi connectivity index (χ1n) is 6.07. The molecule has 0 aliphatic carbocycles. The minimum atomic E-state index is 0.204. The highest BCUT2D eigenvalue weighted by atomic mass is 32.1. The molecule has 0 aliphatic heterocycles. The van der Waals surface area contributed by atoms with Gasteiger partial charge in [-0.3, -0.25) is 0 Å². The third-order valence-electron chi connectivity index (χ3n) is 2.95. The van der Waals surface area contributed by atoms with E-state index in [4.69, 9.17) is 0 Å². The summed E-state index contributed by atoms with van der Waals surface area (Å²) in [5.41, 5.74) is 0. The van der Waals surface area contributed by atoms with Crippen LogP contribution in [0, 0.1) is 0 Å². The molecule has 1 N–H and O–H groups in total. The van der Waals surface area contributed by atoms with Gasteiger partial charge in [0.15, 0.2) is 0 Å². The van der Waals surface area contributed by atoms with Crippen molar-refractivity contribution in [3.8, 4) is 0 Å². The minimum Gasteiger partial charge on any atom is -0.334 e. The van der Waals surface area contributed by atoms with Crippen molar-refractivity contribution in [1.29, 1.82) is 0 Å². The van der Waals surface area contributed by atoms with Gasteiger partial charge in [-0.25, -0.2) is 4.98 Å². The maximum atomic E-state index is 4.48. The molecular weight excluding hydrogens is 230 g/mol. The normalized spacial score (nSPS) is 12.9. The second kappa shape index (κ2) is 5.47. The van der Waals surface area contributed by atoms with Crippen LogP contribution in [0.4, 0.5) is 0 Å². The summed E-state index contributed by atoms with van der Waals surface area (Å²) >= 11 is 1.87. The zero-order chi connectivity index (χ0) is 12.3. The molecule has 1 atom stereocenters. The van der Waals surface area contributed by atoms with Gasteiger partial charge in [0.25, 0.3) is 0 Å². The number of imidazole rings is 1. The summed E-state index contributed by atoms with van der Waals surface area (Å²) in [7, 11) is 1.99. The summed E-state index contributed by atoms with van der Waals surface area (Å²) < 4.78 is 2.19. The van der Waals surface area contributed by atoms with Crippen LogP contribution in [0.25, 0.3) is 0 Å². The van der Waals surface area contributed by atoms with E-state index in [9.17, 15) is 0 Å². The molecule has 17 heavy (non-hydrogen) atoms. The number of aryl methyl sites for hydroxylation is 2. The van der Waals surface area contributed by atoms with E-state index in [1.54, 1.807) is 0 Å². The van der Waals surface area contributed by atoms with Crippen molar-refractivity contribution >= 4 is 11.3 Å². The predicted molar refractivity (Wildman–Crippen MR) is 72.5 cm³/mol. The highest BCUT2D eigenvalue weighted by molar-refractivity contribution is 7.12. The zero-order valence-corrected chi connectivity index (χ0v) is 11.4. The van der Waals surface area contributed by atoms with Crippen LogP contribution in [0.2, 0.25) is 0 Å². The first-order valence-corrected chi connectivity index (χ1v) is 6.88. The lowest BCUT2D eigenvalue weighted by Gasteiger charge is -2.15. The number of hydrogen-bond acceptors (Lipinski definition) is 3. The lowest BCUT2D eigenvalue weighted by atomic mass is 10.2. The SMILES string of the molecule is CCc1ccc(C(NC)c2nccn2CC)s1. The largest absolute Gasteiger partial charge is 0.334 e. The molecule has 0 amide bonds. The van der Waals surface area contributed by atoms with Crippen LogP contribution in [0.15, 0.2) is 24.5 Å². The highest BCUT2D eigenvalue weighted by Gasteiger charge is 2.18. The number of nitrogens with one attached hydrogen (secondary N) is 1. The van der Waals surface area contributed by atoms with Crippen LogP contribution in [0.3, 0.4) is 0 Å². The van der Waals surface area contributed by atoms with E-state index in [0.29, 0.717) is 0 Å². The molecule has 0 spiro atoms. The molecule has 2 heterocycles. The second-order valence-electron chi connectivity index (χ2n) is 3.95. The molecular formula is C13H19N3S. The maximum Gasteiger partial charge on any atom is 0.131 e. The van der Waals surface area contributed by atoms with Crippen molar-refractivity contribution < 1.29 is 0 Å². The molecule has 2 rings (SSSR count). The zero-order valence-electron chi connectivity index (χ0n) is 10.6. The Bertz CT molecular complexity index is 472. The van der Waals surface area contributed by atoms with E-state index >= 15 is 0 Å². The molecule has 1 unspecified atom stereocenters. The second-order valence-corrected chi connectivity index (χ2v) is 5.15. The van der Waals surface area contributed by atoms with Gasteiger partial charge in [0.1, 0.15) is 11.9 Å². The first-order chi connectivity index (χ1) is 8.30. The van der Waals surface area contributed by atoms with E-state index in [0.717, 1.165) is 18.8 Å². The summed E-state index contributed by atoms with van der Waals surface area (Å²) in [5, 5.41) is 3.36. The Morgan fingerprint density at radius 3 is 2.82 bits per heavy atom. The fourth-order valence-corrected chi connectivity index (χ4v) is 3.05. The first kappa shape index (κ1) is 12.3. The average molecular weight is 249 g/mol. The molecule has 2 aromatic heterocycles. The van der Waals surface area contributed by atoms with Crippen molar-refractivity contribution in [2.24, 2.45) is 0 Å². The van der Waals surface area contributed by atoms with Crippen LogP contribution in [-0.4, -0.2) is 16.6 Å². The highest BCUT2D eigenvalue weighted by Crippen LogP contribution is 2.27. The molecule has 2 aromatic rings. The van der Waals surface area contributed by atoms with Gasteiger partial charge in [-0.1, -0.05) is 6.92 Å². The average Bonchev–Trinajstić information content (AvgIpc) is 2.99. The quantitative estimate of drug-likeness (QED) is 0.883. The molecule has 0 aromatic carbocycles. The standard InChI is InChI=1S/C13H19N3S/c1-4-10-6-7-11(17-10)12(14-3)13-15-8-9-16(13)5-2/h6-9,12,14H,4-5H2,1-3H3. The third-order valence-corrected chi connectivity index (χ3v) is 4.25. The molecule has 0 saturated heterocycles. The third kappa shape index (κ3) is 2.42. The van der Waals surface area contributed by atoms with Crippen molar-refractivity contribution in [2.75, 3.05) is 7.05 Å². The van der Waals surface area contributed by atoms with Gasteiger partial charge in [0.05, 0.1) is 0 Å².